The summed E-state index contributed by atoms with van der Waals surface area (Å²) >= 11 is 0. The van der Waals surface area contributed by atoms with Gasteiger partial charge in [-0.25, -0.2) is 0 Å². The van der Waals surface area contributed by atoms with Gasteiger partial charge < -0.3 is 13.7 Å². The quantitative estimate of drug-likeness (QED) is 0.106. The third kappa shape index (κ3) is 5.20. The number of fused-ring (bicyclic) bond motifs is 13. The first-order chi connectivity index (χ1) is 33.4. The Balaban J connectivity index is 1.29. The van der Waals surface area contributed by atoms with Gasteiger partial charge in [-0.1, -0.05) is 24.3 Å². The maximum absolute atomic E-state index is 15.2. The zero-order valence-electron chi connectivity index (χ0n) is 35.4. The monoisotopic (exact) mass is 1010 g/mol. The zero-order valence-corrected chi connectivity index (χ0v) is 35.4. The molecule has 0 saturated heterocycles. The standard InChI is InChI=1S/C49H17B2F18N3/c1-16-37-35-43-36-38(16)71-34-5-3-18(45(55,56)57)7-24(34)26-9-20(47(61,62)63)13-30(40(26)71)51(36)32-15-22(49(67,68)69)11-28-27-10-21(48(64,65)66)14-31(41(27)72(43)42(28)32)50(35)29-12-19(46(58,59)60)8-25-23-6-17(44(52,53)54)2-4-33(23)70(37)39(25)29/h2-15H,1H3. The molecule has 0 bridgehead atoms. The first-order valence-corrected chi connectivity index (χ1v) is 21.5. The lowest BCUT2D eigenvalue weighted by molar-refractivity contribution is -0.138. The van der Waals surface area contributed by atoms with Crippen LogP contribution in [0.4, 0.5) is 79.0 Å². The number of rotatable bonds is 0. The van der Waals surface area contributed by atoms with Crippen molar-refractivity contribution in [2.24, 2.45) is 0 Å². The normalized spacial score (nSPS) is 15.1. The Morgan fingerprint density at radius 3 is 0.861 bits per heavy atom. The lowest BCUT2D eigenvalue weighted by atomic mass is 9.29. The zero-order chi connectivity index (χ0) is 51.0. The Bertz CT molecular complexity index is 4000. The van der Waals surface area contributed by atoms with Crippen LogP contribution in [0.5, 0.6) is 0 Å². The molecule has 23 heteroatoms. The van der Waals surface area contributed by atoms with Gasteiger partial charge in [-0.3, -0.25) is 0 Å². The number of benzene rings is 7. The minimum absolute atomic E-state index is 0.00906. The average Bonchev–Trinajstić information content (AvgIpc) is 3.91. The van der Waals surface area contributed by atoms with E-state index in [0.29, 0.717) is 72.8 Å². The molecule has 3 aromatic heterocycles. The van der Waals surface area contributed by atoms with Crippen LogP contribution in [0.25, 0.3) is 82.5 Å². The maximum Gasteiger partial charge on any atom is 0.416 e. The van der Waals surface area contributed by atoms with E-state index in [0.717, 1.165) is 12.1 Å². The van der Waals surface area contributed by atoms with E-state index >= 15 is 52.7 Å². The van der Waals surface area contributed by atoms with Gasteiger partial charge in [0, 0.05) is 71.4 Å². The molecule has 14 rings (SSSR count). The molecule has 360 valence electrons. The Kier molecular flexibility index (Phi) is 7.58. The molecule has 10 aromatic rings. The summed E-state index contributed by atoms with van der Waals surface area (Å²) in [6, 6.07) is 9.63. The fourth-order valence-electron chi connectivity index (χ4n) is 12.5. The lowest BCUT2D eigenvalue weighted by Gasteiger charge is -2.42. The highest BCUT2D eigenvalue weighted by atomic mass is 19.4. The third-order valence-electron chi connectivity index (χ3n) is 15.0. The van der Waals surface area contributed by atoms with Crippen LogP contribution in [0.15, 0.2) is 84.9 Å². The topological polar surface area (TPSA) is 14.8 Å². The van der Waals surface area contributed by atoms with Crippen LogP contribution in [-0.4, -0.2) is 27.1 Å². The number of hydrogen-bond donors (Lipinski definition) is 0. The van der Waals surface area contributed by atoms with E-state index in [2.05, 4.69) is 0 Å². The van der Waals surface area contributed by atoms with Crippen LogP contribution in [0.2, 0.25) is 0 Å². The van der Waals surface area contributed by atoms with Crippen LogP contribution in [0.3, 0.4) is 0 Å². The second-order valence-corrected chi connectivity index (χ2v) is 18.7. The SMILES string of the molecule is Cc1c2c3c4c5c1-n1c6ccc(C(F)(F)F)cc6c6cc(C(F)(F)F)cc(c61)B5c1cc(C(F)(F)F)cc5c6cc(C(F)(F)F)cc(c6n-4c15)B3c1cc(C(F)(F)F)cc3c4cc(C(F)(F)F)ccc4n-2c13. The van der Waals surface area contributed by atoms with Gasteiger partial charge in [0.15, 0.2) is 0 Å². The smallest absolute Gasteiger partial charge is 0.311 e. The molecule has 0 fully saturated rings. The molecular weight excluding hydrogens is 994 g/mol. The lowest BCUT2D eigenvalue weighted by Crippen LogP contribution is -2.67. The fourth-order valence-corrected chi connectivity index (χ4v) is 12.5. The van der Waals surface area contributed by atoms with E-state index in [4.69, 9.17) is 0 Å². The van der Waals surface area contributed by atoms with Crippen molar-refractivity contribution in [1.29, 1.82) is 0 Å². The molecule has 0 saturated carbocycles. The molecule has 4 aliphatic rings. The minimum atomic E-state index is -5.25. The molecule has 0 aliphatic carbocycles. The van der Waals surface area contributed by atoms with E-state index in [1.807, 2.05) is 0 Å². The van der Waals surface area contributed by atoms with Gasteiger partial charge in [0.1, 0.15) is 0 Å². The van der Waals surface area contributed by atoms with Gasteiger partial charge in [0.25, 0.3) is 13.4 Å². The summed E-state index contributed by atoms with van der Waals surface area (Å²) in [7, 11) is 0. The van der Waals surface area contributed by atoms with E-state index in [1.54, 1.807) is 0 Å². The second-order valence-electron chi connectivity index (χ2n) is 18.7. The van der Waals surface area contributed by atoms with Crippen molar-refractivity contribution >= 4 is 112 Å². The van der Waals surface area contributed by atoms with Crippen LogP contribution < -0.4 is 32.8 Å². The Hall–Kier alpha value is -7.19. The predicted octanol–water partition coefficient (Wildman–Crippen LogP) is 11.7. The van der Waals surface area contributed by atoms with Crippen molar-refractivity contribution in [3.8, 4) is 17.1 Å². The highest BCUT2D eigenvalue weighted by Gasteiger charge is 2.53. The Morgan fingerprint density at radius 2 is 0.569 bits per heavy atom. The van der Waals surface area contributed by atoms with Gasteiger partial charge in [-0.05, 0) is 106 Å². The fraction of sp³-hybridized carbons (Fsp3) is 0.143. The molecule has 0 atom stereocenters. The number of aromatic nitrogens is 3. The van der Waals surface area contributed by atoms with Gasteiger partial charge in [-0.2, -0.15) is 79.0 Å². The molecule has 0 spiro atoms. The summed E-state index contributed by atoms with van der Waals surface area (Å²) in [6.45, 7) is -2.01. The van der Waals surface area contributed by atoms with Crippen molar-refractivity contribution in [3.63, 3.8) is 0 Å². The van der Waals surface area contributed by atoms with Crippen LogP contribution in [0.1, 0.15) is 38.9 Å². The number of halogens is 18. The molecule has 0 amide bonds. The predicted molar refractivity (Wildman–Crippen MR) is 234 cm³/mol. The van der Waals surface area contributed by atoms with Gasteiger partial charge in [-0.15, -0.1) is 0 Å². The van der Waals surface area contributed by atoms with E-state index < -0.39 is 105 Å². The molecule has 0 radical (unpaired) electrons. The van der Waals surface area contributed by atoms with E-state index in [1.165, 1.54) is 20.6 Å². The Morgan fingerprint density at radius 1 is 0.306 bits per heavy atom. The first-order valence-electron chi connectivity index (χ1n) is 21.5. The third-order valence-corrected chi connectivity index (χ3v) is 15.0. The second kappa shape index (κ2) is 12.5. The largest absolute Gasteiger partial charge is 0.416 e. The number of nitrogens with zero attached hydrogens (tertiary/aromatic N) is 3. The van der Waals surface area contributed by atoms with Crippen molar-refractivity contribution in [2.75, 3.05) is 0 Å². The molecular formula is C49H17B2F18N3. The van der Waals surface area contributed by atoms with Crippen molar-refractivity contribution in [3.05, 3.63) is 124 Å². The Labute approximate surface area is 388 Å². The van der Waals surface area contributed by atoms with Gasteiger partial charge in [0.05, 0.1) is 44.4 Å². The minimum Gasteiger partial charge on any atom is -0.311 e. The maximum atomic E-state index is 15.2. The van der Waals surface area contributed by atoms with Crippen molar-refractivity contribution in [1.82, 2.24) is 13.7 Å². The summed E-state index contributed by atoms with van der Waals surface area (Å²) in [4.78, 5) is 0. The summed E-state index contributed by atoms with van der Waals surface area (Å²) in [6.07, 6.45) is -31.0. The van der Waals surface area contributed by atoms with Gasteiger partial charge >= 0.3 is 37.1 Å². The number of hydrogen-bond acceptors (Lipinski definition) is 0. The molecule has 7 heterocycles. The van der Waals surface area contributed by atoms with Crippen LogP contribution >= 0.6 is 0 Å². The van der Waals surface area contributed by atoms with Crippen molar-refractivity contribution in [2.45, 2.75) is 44.0 Å². The first kappa shape index (κ1) is 43.6. The number of alkyl halides is 18. The molecule has 4 aliphatic heterocycles. The van der Waals surface area contributed by atoms with Crippen LogP contribution in [0, 0.1) is 6.92 Å². The molecule has 3 nitrogen and oxygen atoms in total. The molecule has 0 unspecified atom stereocenters. The molecule has 7 aromatic carbocycles. The highest BCUT2D eigenvalue weighted by molar-refractivity contribution is 7.04. The highest BCUT2D eigenvalue weighted by Crippen LogP contribution is 2.49. The summed E-state index contributed by atoms with van der Waals surface area (Å²) < 4.78 is 273. The summed E-state index contributed by atoms with van der Waals surface area (Å²) in [5.41, 5.74) is -10.8. The van der Waals surface area contributed by atoms with E-state index in [9.17, 15) is 26.3 Å². The molecule has 72 heavy (non-hydrogen) atoms. The van der Waals surface area contributed by atoms with E-state index in [-0.39, 0.29) is 99.3 Å². The summed E-state index contributed by atoms with van der Waals surface area (Å²) in [5, 5.41) is -2.43. The van der Waals surface area contributed by atoms with Crippen molar-refractivity contribution < 1.29 is 79.0 Å². The summed E-state index contributed by atoms with van der Waals surface area (Å²) in [5.74, 6) is 0. The van der Waals surface area contributed by atoms with Gasteiger partial charge in [0.2, 0.25) is 0 Å². The average molecular weight is 1010 g/mol. The van der Waals surface area contributed by atoms with Crippen LogP contribution in [-0.2, 0) is 37.1 Å². The molecule has 0 N–H and O–H groups in total.